The maximum Gasteiger partial charge on any atom is 0.588 e. The number of phosphoric acid groups is 1. The Bertz CT molecular complexity index is 1930. The second-order valence-corrected chi connectivity index (χ2v) is 27.7. The van der Waals surface area contributed by atoms with Crippen LogP contribution >= 0.6 is 42.6 Å². The van der Waals surface area contributed by atoms with E-state index in [9.17, 15) is 4.79 Å². The average Bonchev–Trinajstić information content (AvgIpc) is 3.32. The maximum absolute atomic E-state index is 15.3. The first-order valence-electron chi connectivity index (χ1n) is 24.5. The number of carbonyl (C=O) groups is 1. The third-order valence-corrected chi connectivity index (χ3v) is 18.5. The number of carbonyl (C=O) groups excluding carboxylic acids is 1. The van der Waals surface area contributed by atoms with Crippen LogP contribution in [-0.2, 0) is 43.8 Å². The number of benzene rings is 3. The van der Waals surface area contributed by atoms with Gasteiger partial charge >= 0.3 is 13.9 Å². The molecule has 70 heavy (non-hydrogen) atoms. The Morgan fingerprint density at radius 2 is 1.40 bits per heavy atom. The summed E-state index contributed by atoms with van der Waals surface area (Å²) >= 11 is 18.0. The Labute approximate surface area is 433 Å². The predicted octanol–water partition coefficient (Wildman–Crippen LogP) is 14.3. The molecular weight excluding hydrogens is 996 g/mol. The van der Waals surface area contributed by atoms with Crippen LogP contribution in [0.2, 0.25) is 18.1 Å². The molecule has 1 N–H and O–H groups in total. The maximum atomic E-state index is 15.3. The zero-order chi connectivity index (χ0) is 51.0. The van der Waals surface area contributed by atoms with E-state index in [4.69, 9.17) is 81.2 Å². The van der Waals surface area contributed by atoms with Crippen molar-refractivity contribution < 1.29 is 55.8 Å². The number of alkyl halides is 3. The van der Waals surface area contributed by atoms with Crippen molar-refractivity contribution in [3.05, 3.63) is 103 Å². The lowest BCUT2D eigenvalue weighted by molar-refractivity contribution is -0.270. The Hall–Kier alpha value is -2.85. The van der Waals surface area contributed by atoms with Gasteiger partial charge in [-0.05, 0) is 72.9 Å². The van der Waals surface area contributed by atoms with Gasteiger partial charge in [-0.1, -0.05) is 175 Å². The van der Waals surface area contributed by atoms with E-state index >= 15 is 4.57 Å². The number of methoxy groups -OCH3 is 1. The van der Waals surface area contributed by atoms with Gasteiger partial charge < -0.3 is 47.2 Å². The number of phosphoric ester groups is 1. The summed E-state index contributed by atoms with van der Waals surface area (Å²) in [5, 5.41) is 2.63. The van der Waals surface area contributed by atoms with Crippen LogP contribution < -0.4 is 19.1 Å². The molecule has 6 atom stereocenters. The highest BCUT2D eigenvalue weighted by molar-refractivity contribution is 7.49. The molecule has 0 radical (unpaired) electrons. The van der Waals surface area contributed by atoms with E-state index in [0.29, 0.717) is 13.0 Å². The Morgan fingerprint density at radius 1 is 0.814 bits per heavy atom. The van der Waals surface area contributed by atoms with Crippen molar-refractivity contribution in [2.45, 2.75) is 164 Å². The minimum Gasteiger partial charge on any atom is -0.497 e. The number of unbranched alkanes of at least 4 members (excludes halogenated alkanes) is 8. The number of halogens is 3. The molecule has 392 valence electrons. The highest BCUT2D eigenvalue weighted by Crippen LogP contribution is 2.53. The number of nitrogens with one attached hydrogen (secondary N) is 1. The van der Waals surface area contributed by atoms with Gasteiger partial charge in [-0.15, -0.1) is 6.58 Å². The van der Waals surface area contributed by atoms with Crippen molar-refractivity contribution in [2.75, 3.05) is 33.5 Å². The predicted molar refractivity (Wildman–Crippen MR) is 281 cm³/mol. The van der Waals surface area contributed by atoms with Crippen molar-refractivity contribution in [1.82, 2.24) is 5.32 Å². The smallest absolute Gasteiger partial charge is 0.497 e. The second-order valence-electron chi connectivity index (χ2n) is 18.9. The molecule has 0 aliphatic carbocycles. The van der Waals surface area contributed by atoms with Crippen molar-refractivity contribution in [1.29, 1.82) is 0 Å². The zero-order valence-electron chi connectivity index (χ0n) is 42.1. The Morgan fingerprint density at radius 3 is 1.94 bits per heavy atom. The van der Waals surface area contributed by atoms with Crippen molar-refractivity contribution in [3.63, 3.8) is 0 Å². The summed E-state index contributed by atoms with van der Waals surface area (Å²) < 4.78 is 76.4. The lowest BCUT2D eigenvalue weighted by Crippen LogP contribution is -2.66. The van der Waals surface area contributed by atoms with Crippen LogP contribution in [-0.4, -0.2) is 88.5 Å². The number of hydrogen-bond donors (Lipinski definition) is 1. The molecule has 1 aliphatic heterocycles. The molecule has 0 unspecified atom stereocenters. The number of para-hydroxylation sites is 2. The largest absolute Gasteiger partial charge is 0.588 e. The van der Waals surface area contributed by atoms with Crippen LogP contribution in [0.25, 0.3) is 0 Å². The van der Waals surface area contributed by atoms with Gasteiger partial charge in [0, 0.05) is 6.61 Å². The van der Waals surface area contributed by atoms with Gasteiger partial charge in [0.1, 0.15) is 48.2 Å². The van der Waals surface area contributed by atoms with Gasteiger partial charge in [0.15, 0.2) is 14.6 Å². The molecule has 0 bridgehead atoms. The van der Waals surface area contributed by atoms with Crippen LogP contribution in [0.4, 0.5) is 4.79 Å². The highest BCUT2D eigenvalue weighted by Gasteiger charge is 2.54. The Kier molecular flexibility index (Phi) is 25.9. The van der Waals surface area contributed by atoms with E-state index < -0.39 is 63.3 Å². The van der Waals surface area contributed by atoms with Gasteiger partial charge in [-0.25, -0.2) is 9.36 Å². The van der Waals surface area contributed by atoms with E-state index in [1.165, 1.54) is 38.5 Å². The van der Waals surface area contributed by atoms with Crippen LogP contribution in [0.1, 0.15) is 104 Å². The molecular formula is C52H77Cl3NO12PSi. The first-order valence-corrected chi connectivity index (χ1v) is 30.0. The van der Waals surface area contributed by atoms with E-state index in [1.54, 1.807) is 73.8 Å². The van der Waals surface area contributed by atoms with Crippen molar-refractivity contribution in [3.8, 4) is 17.2 Å². The SMILES string of the molecule is C=CCO[C@H]1O[C@H](CO[Si](C)(C)C(C)(C)C)[C@@H](OP(=O)(Oc2ccccc2)Oc2ccccc2)[C@H](OCC[C@H](CCCCCCCCCCC)OCc2ccc(OC)cc2)[C@@H]1NC(=O)OCC(Cl)(Cl)Cl. The third kappa shape index (κ3) is 21.7. The van der Waals surface area contributed by atoms with Crippen LogP contribution in [0.5, 0.6) is 17.2 Å². The molecule has 0 aromatic heterocycles. The molecule has 1 amide bonds. The molecule has 0 spiro atoms. The summed E-state index contributed by atoms with van der Waals surface area (Å²) in [6, 6.07) is 23.7. The van der Waals surface area contributed by atoms with Crippen molar-refractivity contribution in [2.24, 2.45) is 0 Å². The summed E-state index contributed by atoms with van der Waals surface area (Å²) in [5.74, 6) is 1.19. The summed E-state index contributed by atoms with van der Waals surface area (Å²) in [6.45, 7) is 16.5. The minimum atomic E-state index is -4.67. The molecule has 1 fully saturated rings. The molecule has 4 rings (SSSR count). The molecule has 1 saturated heterocycles. The minimum absolute atomic E-state index is 0.0207. The highest BCUT2D eigenvalue weighted by atomic mass is 35.6. The van der Waals surface area contributed by atoms with Crippen molar-refractivity contribution >= 4 is 57.0 Å². The molecule has 0 saturated carbocycles. The zero-order valence-corrected chi connectivity index (χ0v) is 46.3. The average molecular weight is 1070 g/mol. The topological polar surface area (TPSA) is 138 Å². The fourth-order valence-electron chi connectivity index (χ4n) is 7.35. The number of hydrogen-bond acceptors (Lipinski definition) is 12. The standard InChI is InChI=1S/C52H77Cl3NO12PSi/c1-9-11-12-13-14-15-16-17-20-25-42(62-37-40-30-32-41(59-6)33-31-40)34-36-60-48-46(56-50(57)63-39-52(53,54)55)49(61-35-10-2)65-45(38-64-70(7,8)51(3,4)5)47(48)68-69(58,66-43-26-21-18-22-27-43)67-44-28-23-19-24-29-44/h10,18-19,21-24,26-33,42,45-49H,2,9,11-17,20,25,34-39H2,1,3-8H3,(H,56,57)/t42-,45+,46-,47+,48+,49-/m0/s1. The molecule has 1 aliphatic rings. The van der Waals surface area contributed by atoms with Crippen LogP contribution in [0.15, 0.2) is 97.6 Å². The fourth-order valence-corrected chi connectivity index (χ4v) is 9.97. The monoisotopic (exact) mass is 1070 g/mol. The van der Waals surface area contributed by atoms with Crippen LogP contribution in [0.3, 0.4) is 0 Å². The number of ether oxygens (including phenoxy) is 6. The molecule has 3 aromatic rings. The van der Waals surface area contributed by atoms with E-state index in [-0.39, 0.29) is 42.5 Å². The normalized spacial score (nSPS) is 19.3. The molecule has 18 heteroatoms. The lowest BCUT2D eigenvalue weighted by Gasteiger charge is -2.47. The molecule has 3 aromatic carbocycles. The van der Waals surface area contributed by atoms with Gasteiger partial charge in [0.05, 0.1) is 33.0 Å². The number of rotatable bonds is 32. The van der Waals surface area contributed by atoms with Gasteiger partial charge in [0.2, 0.25) is 3.79 Å². The van der Waals surface area contributed by atoms with E-state index in [0.717, 1.165) is 37.0 Å². The van der Waals surface area contributed by atoms with Gasteiger partial charge in [-0.2, -0.15) is 0 Å². The first-order chi connectivity index (χ1) is 33.3. The van der Waals surface area contributed by atoms with Crippen LogP contribution in [0, 0.1) is 0 Å². The Balaban J connectivity index is 1.74. The van der Waals surface area contributed by atoms with E-state index in [2.05, 4.69) is 52.7 Å². The second kappa shape index (κ2) is 30.4. The molecule has 1 heterocycles. The van der Waals surface area contributed by atoms with E-state index in [1.807, 2.05) is 24.3 Å². The lowest BCUT2D eigenvalue weighted by atomic mass is 9.96. The summed E-state index contributed by atoms with van der Waals surface area (Å²) in [4.78, 5) is 13.7. The summed E-state index contributed by atoms with van der Waals surface area (Å²) in [7, 11) is -5.50. The van der Waals surface area contributed by atoms with Gasteiger partial charge in [0.25, 0.3) is 0 Å². The third-order valence-electron chi connectivity index (χ3n) is 12.3. The molecule has 13 nitrogen and oxygen atoms in total. The summed E-state index contributed by atoms with van der Waals surface area (Å²) in [5.41, 5.74) is 0.994. The number of alkyl carbamates (subject to hydrolysis) is 1. The first kappa shape index (κ1) is 59.7. The number of amides is 1. The van der Waals surface area contributed by atoms with Gasteiger partial charge in [-0.3, -0.25) is 4.52 Å². The quantitative estimate of drug-likeness (QED) is 0.0209. The summed E-state index contributed by atoms with van der Waals surface area (Å²) in [6.07, 6.45) is 7.58. The fraction of sp³-hybridized carbons (Fsp3) is 0.596.